The largest absolute Gasteiger partial charge is 0.421 e. The molecule has 1 aliphatic heterocycles. The number of sulfonamides is 1. The summed E-state index contributed by atoms with van der Waals surface area (Å²) in [6, 6.07) is 9.36. The lowest BCUT2D eigenvalue weighted by atomic mass is 10.1. The number of rotatable bonds is 10. The number of carbonyl (C=O) groups excluding carboxylic acids is 1. The molecule has 1 unspecified atom stereocenters. The van der Waals surface area contributed by atoms with Crippen molar-refractivity contribution in [3.05, 3.63) is 65.5 Å². The Kier molecular flexibility index (Phi) is 9.04. The molecule has 40 heavy (non-hydrogen) atoms. The van der Waals surface area contributed by atoms with Crippen LogP contribution in [0, 0.1) is 0 Å². The zero-order chi connectivity index (χ0) is 28.8. The first-order valence-corrected chi connectivity index (χ1v) is 14.1. The van der Waals surface area contributed by atoms with E-state index in [1.165, 1.54) is 31.3 Å². The van der Waals surface area contributed by atoms with Crippen molar-refractivity contribution in [2.45, 2.75) is 38.5 Å². The smallest absolute Gasteiger partial charge is 0.379 e. The summed E-state index contributed by atoms with van der Waals surface area (Å²) >= 11 is 0. The molecular weight excluding hydrogens is 551 g/mol. The molecule has 214 valence electrons. The third-order valence-corrected chi connectivity index (χ3v) is 7.20. The number of carbonyl (C=O) groups is 1. The summed E-state index contributed by atoms with van der Waals surface area (Å²) in [5.41, 5.74) is -0.0652. The summed E-state index contributed by atoms with van der Waals surface area (Å²) in [7, 11) is -3.66. The van der Waals surface area contributed by atoms with Crippen molar-refractivity contribution < 1.29 is 31.1 Å². The highest BCUT2D eigenvalue weighted by molar-refractivity contribution is 7.92. The van der Waals surface area contributed by atoms with E-state index in [1.807, 2.05) is 0 Å². The lowest BCUT2D eigenvalue weighted by Gasteiger charge is -2.23. The van der Waals surface area contributed by atoms with Crippen LogP contribution in [-0.2, 0) is 27.5 Å². The molecule has 1 saturated heterocycles. The number of alkyl halides is 3. The average molecular weight is 580 g/mol. The van der Waals surface area contributed by atoms with Crippen LogP contribution in [0.3, 0.4) is 0 Å². The zero-order valence-corrected chi connectivity index (χ0v) is 22.3. The third kappa shape index (κ3) is 7.79. The van der Waals surface area contributed by atoms with Crippen LogP contribution in [0.4, 0.5) is 36.4 Å². The van der Waals surface area contributed by atoms with E-state index in [-0.39, 0.29) is 36.0 Å². The summed E-state index contributed by atoms with van der Waals surface area (Å²) in [5, 5.41) is 8.36. The molecule has 2 aromatic heterocycles. The van der Waals surface area contributed by atoms with E-state index in [4.69, 9.17) is 4.74 Å². The zero-order valence-electron chi connectivity index (χ0n) is 21.5. The first-order chi connectivity index (χ1) is 19.0. The number of nitrogens with one attached hydrogen (secondary N) is 4. The van der Waals surface area contributed by atoms with E-state index in [2.05, 4.69) is 35.6 Å². The number of hydrogen-bond acceptors (Lipinski definition) is 9. The second-order valence-electron chi connectivity index (χ2n) is 8.92. The minimum Gasteiger partial charge on any atom is -0.379 e. The summed E-state index contributed by atoms with van der Waals surface area (Å²) in [5.74, 6) is -1.18. The fourth-order valence-corrected chi connectivity index (χ4v) is 4.47. The van der Waals surface area contributed by atoms with Gasteiger partial charge in [-0.25, -0.2) is 18.4 Å². The van der Waals surface area contributed by atoms with Gasteiger partial charge in [0.25, 0.3) is 5.91 Å². The second kappa shape index (κ2) is 12.5. The van der Waals surface area contributed by atoms with Gasteiger partial charge in [0.1, 0.15) is 17.2 Å². The molecule has 0 spiro atoms. The summed E-state index contributed by atoms with van der Waals surface area (Å²) < 4.78 is 72.8. The topological polar surface area (TPSA) is 147 Å². The van der Waals surface area contributed by atoms with Crippen molar-refractivity contribution in [3.63, 3.8) is 0 Å². The van der Waals surface area contributed by atoms with E-state index >= 15 is 0 Å². The minimum atomic E-state index is -4.76. The number of amides is 1. The summed E-state index contributed by atoms with van der Waals surface area (Å²) in [4.78, 5) is 24.5. The number of halogens is 3. The number of hydrogen-bond donors (Lipinski definition) is 4. The Morgan fingerprint density at radius 2 is 1.98 bits per heavy atom. The Morgan fingerprint density at radius 3 is 2.70 bits per heavy atom. The molecule has 15 heteroatoms. The second-order valence-corrected chi connectivity index (χ2v) is 10.9. The van der Waals surface area contributed by atoms with E-state index in [0.29, 0.717) is 36.2 Å². The minimum absolute atomic E-state index is 0.00676. The quantitative estimate of drug-likeness (QED) is 0.281. The van der Waals surface area contributed by atoms with Gasteiger partial charge in [-0.05, 0) is 44.0 Å². The molecule has 0 bridgehead atoms. The Morgan fingerprint density at radius 1 is 1.15 bits per heavy atom. The maximum absolute atomic E-state index is 13.7. The Hall–Kier alpha value is -3.98. The van der Waals surface area contributed by atoms with E-state index < -0.39 is 27.6 Å². The molecule has 1 atom stereocenters. The maximum atomic E-state index is 13.7. The highest BCUT2D eigenvalue weighted by Crippen LogP contribution is 2.34. The lowest BCUT2D eigenvalue weighted by Crippen LogP contribution is -2.40. The van der Waals surface area contributed by atoms with Crippen molar-refractivity contribution in [3.8, 4) is 0 Å². The van der Waals surface area contributed by atoms with Gasteiger partial charge in [0.05, 0.1) is 18.4 Å². The standard InChI is InChI=1S/C25H28F3N7O4S/c1-2-40(37,38)35-21-17(7-4-10-29-21)13-30-22-20(25(26,27)28)14-31-24(34-22)33-18-8-3-6-16(12-18)23(36)32-19-9-5-11-39-15-19/h3-4,6-8,10,12,14,19H,2,5,9,11,13,15H2,1H3,(H,29,35)(H,32,36)(H2,30,31,33,34). The van der Waals surface area contributed by atoms with Gasteiger partial charge >= 0.3 is 6.18 Å². The Labute approximate surface area is 229 Å². The van der Waals surface area contributed by atoms with Crippen LogP contribution in [0.15, 0.2) is 48.8 Å². The van der Waals surface area contributed by atoms with Gasteiger partial charge < -0.3 is 20.7 Å². The van der Waals surface area contributed by atoms with Crippen LogP contribution in [0.5, 0.6) is 0 Å². The molecule has 1 amide bonds. The SMILES string of the molecule is CCS(=O)(=O)Nc1ncccc1CNc1nc(Nc2cccc(C(=O)NC3CCCOC3)c2)ncc1C(F)(F)F. The number of pyridine rings is 1. The van der Waals surface area contributed by atoms with Crippen molar-refractivity contribution in [2.24, 2.45) is 0 Å². The van der Waals surface area contributed by atoms with Crippen molar-refractivity contribution >= 4 is 39.2 Å². The van der Waals surface area contributed by atoms with Gasteiger partial charge in [0, 0.05) is 42.4 Å². The molecule has 0 saturated carbocycles. The van der Waals surface area contributed by atoms with Gasteiger partial charge in [-0.3, -0.25) is 9.52 Å². The molecule has 1 fully saturated rings. The Bertz CT molecular complexity index is 1450. The number of aromatic nitrogens is 3. The van der Waals surface area contributed by atoms with Crippen molar-refractivity contribution in [2.75, 3.05) is 34.3 Å². The molecule has 0 aliphatic carbocycles. The van der Waals surface area contributed by atoms with Gasteiger partial charge in [0.15, 0.2) is 0 Å². The highest BCUT2D eigenvalue weighted by atomic mass is 32.2. The molecule has 1 aliphatic rings. The Balaban J connectivity index is 1.52. The predicted octanol–water partition coefficient (Wildman–Crippen LogP) is 3.92. The van der Waals surface area contributed by atoms with Gasteiger partial charge in [-0.2, -0.15) is 18.2 Å². The van der Waals surface area contributed by atoms with Gasteiger partial charge in [-0.15, -0.1) is 0 Å². The van der Waals surface area contributed by atoms with E-state index in [0.717, 1.165) is 12.8 Å². The molecule has 4 rings (SSSR count). The van der Waals surface area contributed by atoms with E-state index in [9.17, 15) is 26.4 Å². The molecule has 3 heterocycles. The van der Waals surface area contributed by atoms with Crippen LogP contribution in [0.1, 0.15) is 41.3 Å². The van der Waals surface area contributed by atoms with Crippen molar-refractivity contribution in [1.29, 1.82) is 0 Å². The van der Waals surface area contributed by atoms with Crippen LogP contribution < -0.4 is 20.7 Å². The van der Waals surface area contributed by atoms with Gasteiger partial charge in [-0.1, -0.05) is 12.1 Å². The normalized spacial score (nSPS) is 15.8. The molecule has 4 N–H and O–H groups in total. The first-order valence-electron chi connectivity index (χ1n) is 12.4. The third-order valence-electron chi connectivity index (χ3n) is 5.94. The molecule has 11 nitrogen and oxygen atoms in total. The van der Waals surface area contributed by atoms with Crippen molar-refractivity contribution in [1.82, 2.24) is 20.3 Å². The summed E-state index contributed by atoms with van der Waals surface area (Å²) in [6.07, 6.45) is -1.10. The molecule has 0 radical (unpaired) electrons. The fraction of sp³-hybridized carbons (Fsp3) is 0.360. The number of benzene rings is 1. The maximum Gasteiger partial charge on any atom is 0.421 e. The number of anilines is 4. The molecular formula is C25H28F3N7O4S. The van der Waals surface area contributed by atoms with Crippen LogP contribution in [-0.4, -0.2) is 54.3 Å². The highest BCUT2D eigenvalue weighted by Gasteiger charge is 2.35. The predicted molar refractivity (Wildman–Crippen MR) is 143 cm³/mol. The molecule has 3 aromatic rings. The van der Waals surface area contributed by atoms with Crippen LogP contribution in [0.25, 0.3) is 0 Å². The summed E-state index contributed by atoms with van der Waals surface area (Å²) in [6.45, 7) is 2.33. The van der Waals surface area contributed by atoms with Gasteiger partial charge in [0.2, 0.25) is 16.0 Å². The number of ether oxygens (including phenoxy) is 1. The van der Waals surface area contributed by atoms with Crippen LogP contribution in [0.2, 0.25) is 0 Å². The average Bonchev–Trinajstić information content (AvgIpc) is 2.92. The van der Waals surface area contributed by atoms with E-state index in [1.54, 1.807) is 18.2 Å². The monoisotopic (exact) mass is 579 g/mol. The number of nitrogens with zero attached hydrogens (tertiary/aromatic N) is 3. The fourth-order valence-electron chi connectivity index (χ4n) is 3.85. The first kappa shape index (κ1) is 29.0. The molecule has 1 aromatic carbocycles. The van der Waals surface area contributed by atoms with Crippen LogP contribution >= 0.6 is 0 Å². The lowest BCUT2D eigenvalue weighted by molar-refractivity contribution is -0.137.